The van der Waals surface area contributed by atoms with Crippen molar-refractivity contribution in [3.8, 4) is 5.75 Å². The number of benzene rings is 1. The summed E-state index contributed by atoms with van der Waals surface area (Å²) >= 11 is 0. The number of hydrogen-bond acceptors (Lipinski definition) is 5. The van der Waals surface area contributed by atoms with Gasteiger partial charge in [0.2, 0.25) is 0 Å². The summed E-state index contributed by atoms with van der Waals surface area (Å²) in [6, 6.07) is 11.1. The van der Waals surface area contributed by atoms with E-state index in [4.69, 9.17) is 4.74 Å². The highest BCUT2D eigenvalue weighted by molar-refractivity contribution is 6.18. The minimum Gasteiger partial charge on any atom is -0.493 e. The van der Waals surface area contributed by atoms with Crippen LogP contribution in [-0.4, -0.2) is 29.0 Å². The molecule has 0 unspecified atom stereocenters. The number of nitrogens with zero attached hydrogens (tertiary/aromatic N) is 3. The monoisotopic (exact) mass is 306 g/mol. The van der Waals surface area contributed by atoms with Gasteiger partial charge in [0.25, 0.3) is 5.91 Å². The number of amidine groups is 1. The molecule has 2 aliphatic rings. The number of rotatable bonds is 2. The molecule has 1 amide bonds. The lowest BCUT2D eigenvalue weighted by Gasteiger charge is -2.06. The predicted molar refractivity (Wildman–Crippen MR) is 85.9 cm³/mol. The first-order valence-electron chi connectivity index (χ1n) is 7.41. The fourth-order valence-electron chi connectivity index (χ4n) is 2.63. The van der Waals surface area contributed by atoms with Gasteiger partial charge in [0, 0.05) is 18.2 Å². The minimum atomic E-state index is -0.184. The first kappa shape index (κ1) is 13.6. The average molecular weight is 306 g/mol. The molecule has 0 saturated heterocycles. The van der Waals surface area contributed by atoms with Gasteiger partial charge in [-0.25, -0.2) is 0 Å². The molecule has 0 radical (unpaired) electrons. The first-order chi connectivity index (χ1) is 11.3. The van der Waals surface area contributed by atoms with Crippen LogP contribution in [0.15, 0.2) is 52.8 Å². The molecule has 6 heteroatoms. The van der Waals surface area contributed by atoms with Crippen LogP contribution >= 0.6 is 0 Å². The van der Waals surface area contributed by atoms with Gasteiger partial charge in [0.05, 0.1) is 24.4 Å². The highest BCUT2D eigenvalue weighted by Crippen LogP contribution is 2.25. The number of ether oxygens (including phenoxy) is 1. The van der Waals surface area contributed by atoms with Crippen LogP contribution in [-0.2, 0) is 6.42 Å². The summed E-state index contributed by atoms with van der Waals surface area (Å²) in [5, 5.41) is 11.0. The SMILES string of the molecule is O=C(NC1=NN=C(c2ccccn2)C1)c1ccc2c(c1)CCO2. The molecular weight excluding hydrogens is 292 g/mol. The summed E-state index contributed by atoms with van der Waals surface area (Å²) in [5.74, 6) is 1.21. The molecule has 3 heterocycles. The van der Waals surface area contributed by atoms with E-state index in [1.165, 1.54) is 0 Å². The van der Waals surface area contributed by atoms with Gasteiger partial charge in [-0.3, -0.25) is 9.78 Å². The Balaban J connectivity index is 1.43. The van der Waals surface area contributed by atoms with Crippen molar-refractivity contribution in [2.24, 2.45) is 10.2 Å². The molecule has 0 spiro atoms. The lowest BCUT2D eigenvalue weighted by molar-refractivity contribution is 0.0976. The standard InChI is InChI=1S/C17H14N4O2/c22-17(12-4-5-15-11(9-12)6-8-23-15)19-16-10-14(20-21-16)13-3-1-2-7-18-13/h1-5,7,9H,6,8,10H2,(H,19,21,22). The van der Waals surface area contributed by atoms with Crippen molar-refractivity contribution < 1.29 is 9.53 Å². The molecule has 23 heavy (non-hydrogen) atoms. The Hall–Kier alpha value is -3.02. The van der Waals surface area contributed by atoms with Gasteiger partial charge in [-0.15, -0.1) is 5.10 Å². The van der Waals surface area contributed by atoms with Gasteiger partial charge in [0.15, 0.2) is 0 Å². The second-order valence-electron chi connectivity index (χ2n) is 5.36. The summed E-state index contributed by atoms with van der Waals surface area (Å²) in [6.07, 6.45) is 3.02. The van der Waals surface area contributed by atoms with Crippen LogP contribution in [0.5, 0.6) is 5.75 Å². The molecule has 1 aromatic carbocycles. The van der Waals surface area contributed by atoms with Crippen molar-refractivity contribution >= 4 is 17.5 Å². The van der Waals surface area contributed by atoms with E-state index in [9.17, 15) is 4.79 Å². The van der Waals surface area contributed by atoms with Crippen LogP contribution in [0.1, 0.15) is 28.0 Å². The molecule has 6 nitrogen and oxygen atoms in total. The number of amides is 1. The molecule has 0 saturated carbocycles. The van der Waals surface area contributed by atoms with Gasteiger partial charge in [0.1, 0.15) is 11.6 Å². The smallest absolute Gasteiger partial charge is 0.256 e. The normalized spacial score (nSPS) is 15.5. The van der Waals surface area contributed by atoms with Crippen LogP contribution < -0.4 is 10.1 Å². The Morgan fingerprint density at radius 1 is 1.17 bits per heavy atom. The van der Waals surface area contributed by atoms with E-state index in [0.29, 0.717) is 24.4 Å². The zero-order valence-electron chi connectivity index (χ0n) is 12.3. The third-order valence-electron chi connectivity index (χ3n) is 3.80. The lowest BCUT2D eigenvalue weighted by atomic mass is 10.1. The molecule has 2 aliphatic heterocycles. The van der Waals surface area contributed by atoms with Gasteiger partial charge in [-0.2, -0.15) is 5.10 Å². The number of hydrogen-bond donors (Lipinski definition) is 1. The summed E-state index contributed by atoms with van der Waals surface area (Å²) < 4.78 is 5.45. The fraction of sp³-hybridized carbons (Fsp3) is 0.176. The first-order valence-corrected chi connectivity index (χ1v) is 7.41. The number of fused-ring (bicyclic) bond motifs is 1. The maximum absolute atomic E-state index is 12.3. The summed E-state index contributed by atoms with van der Waals surface area (Å²) in [6.45, 7) is 0.675. The Bertz CT molecular complexity index is 828. The van der Waals surface area contributed by atoms with E-state index in [-0.39, 0.29) is 5.91 Å². The molecular formula is C17H14N4O2. The third kappa shape index (κ3) is 2.70. The van der Waals surface area contributed by atoms with Gasteiger partial charge < -0.3 is 10.1 Å². The molecule has 0 atom stereocenters. The van der Waals surface area contributed by atoms with Crippen LogP contribution in [0, 0.1) is 0 Å². The van der Waals surface area contributed by atoms with Crippen LogP contribution in [0.3, 0.4) is 0 Å². The van der Waals surface area contributed by atoms with Crippen LogP contribution in [0.4, 0.5) is 0 Å². The summed E-state index contributed by atoms with van der Waals surface area (Å²) in [7, 11) is 0. The third-order valence-corrected chi connectivity index (χ3v) is 3.80. The quantitative estimate of drug-likeness (QED) is 0.921. The Morgan fingerprint density at radius 2 is 2.13 bits per heavy atom. The van der Waals surface area contributed by atoms with Crippen LogP contribution in [0.2, 0.25) is 0 Å². The molecule has 2 aromatic rings. The van der Waals surface area contributed by atoms with E-state index in [2.05, 4.69) is 20.5 Å². The fourth-order valence-corrected chi connectivity index (χ4v) is 2.63. The van der Waals surface area contributed by atoms with Crippen molar-refractivity contribution in [3.63, 3.8) is 0 Å². The highest BCUT2D eigenvalue weighted by Gasteiger charge is 2.19. The molecule has 4 rings (SSSR count). The van der Waals surface area contributed by atoms with Gasteiger partial charge in [-0.1, -0.05) is 6.07 Å². The Morgan fingerprint density at radius 3 is 3.00 bits per heavy atom. The summed E-state index contributed by atoms with van der Waals surface area (Å²) in [4.78, 5) is 16.6. The number of nitrogens with one attached hydrogen (secondary N) is 1. The molecule has 0 fully saturated rings. The summed E-state index contributed by atoms with van der Waals surface area (Å²) in [5.41, 5.74) is 3.19. The molecule has 114 valence electrons. The average Bonchev–Trinajstić information content (AvgIpc) is 3.24. The lowest BCUT2D eigenvalue weighted by Crippen LogP contribution is -2.30. The maximum atomic E-state index is 12.3. The minimum absolute atomic E-state index is 0.184. The van der Waals surface area contributed by atoms with Crippen LogP contribution in [0.25, 0.3) is 0 Å². The molecule has 1 N–H and O–H groups in total. The second kappa shape index (κ2) is 5.64. The van der Waals surface area contributed by atoms with Crippen molar-refractivity contribution in [1.82, 2.24) is 10.3 Å². The Labute approximate surface area is 132 Å². The largest absolute Gasteiger partial charge is 0.493 e. The molecule has 1 aromatic heterocycles. The van der Waals surface area contributed by atoms with E-state index in [0.717, 1.165) is 29.1 Å². The Kier molecular flexibility index (Phi) is 3.34. The number of pyridine rings is 1. The van der Waals surface area contributed by atoms with E-state index >= 15 is 0 Å². The number of aromatic nitrogens is 1. The van der Waals surface area contributed by atoms with Crippen molar-refractivity contribution in [2.75, 3.05) is 6.61 Å². The second-order valence-corrected chi connectivity index (χ2v) is 5.36. The number of carbonyl (C=O) groups is 1. The number of carbonyl (C=O) groups excluding carboxylic acids is 1. The van der Waals surface area contributed by atoms with Crippen molar-refractivity contribution in [2.45, 2.75) is 12.8 Å². The topological polar surface area (TPSA) is 75.9 Å². The van der Waals surface area contributed by atoms with Crippen molar-refractivity contribution in [1.29, 1.82) is 0 Å². The van der Waals surface area contributed by atoms with E-state index in [1.807, 2.05) is 30.3 Å². The van der Waals surface area contributed by atoms with Gasteiger partial charge in [-0.05, 0) is 35.9 Å². The predicted octanol–water partition coefficient (Wildman–Crippen LogP) is 1.95. The molecule has 0 bridgehead atoms. The maximum Gasteiger partial charge on any atom is 0.256 e. The molecule has 0 aliphatic carbocycles. The van der Waals surface area contributed by atoms with E-state index in [1.54, 1.807) is 12.3 Å². The van der Waals surface area contributed by atoms with Gasteiger partial charge >= 0.3 is 0 Å². The highest BCUT2D eigenvalue weighted by atomic mass is 16.5. The van der Waals surface area contributed by atoms with Crippen molar-refractivity contribution in [3.05, 3.63) is 59.4 Å². The zero-order chi connectivity index (χ0) is 15.6. The zero-order valence-corrected chi connectivity index (χ0v) is 12.3. The van der Waals surface area contributed by atoms with E-state index < -0.39 is 0 Å².